The summed E-state index contributed by atoms with van der Waals surface area (Å²) in [5.41, 5.74) is 1.40. The number of nitro benzene ring substituents is 1. The maximum atomic E-state index is 12.7. The van der Waals surface area contributed by atoms with Gasteiger partial charge in [0.25, 0.3) is 11.6 Å². The smallest absolute Gasteiger partial charge is 0.387 e. The third-order valence-electron chi connectivity index (χ3n) is 4.37. The lowest BCUT2D eigenvalue weighted by atomic mass is 10.1. The van der Waals surface area contributed by atoms with Crippen molar-refractivity contribution in [3.63, 3.8) is 0 Å². The van der Waals surface area contributed by atoms with Crippen molar-refractivity contribution in [2.45, 2.75) is 12.7 Å². The predicted octanol–water partition coefficient (Wildman–Crippen LogP) is 3.06. The number of carbonyl (C=O) groups excluding carboxylic acids is 1. The second-order valence-corrected chi connectivity index (χ2v) is 6.54. The first-order chi connectivity index (χ1) is 14.7. The third-order valence-corrected chi connectivity index (χ3v) is 4.37. The Hall–Kier alpha value is -3.86. The number of aromatic nitrogens is 2. The van der Waals surface area contributed by atoms with Gasteiger partial charge in [-0.15, -0.1) is 0 Å². The maximum absolute atomic E-state index is 12.7. The minimum atomic E-state index is -2.94. The van der Waals surface area contributed by atoms with Crippen molar-refractivity contribution in [1.82, 2.24) is 15.1 Å². The molecular formula is C20H18F2N4O5. The van der Waals surface area contributed by atoms with Crippen molar-refractivity contribution < 1.29 is 28.3 Å². The van der Waals surface area contributed by atoms with Gasteiger partial charge in [-0.05, 0) is 29.8 Å². The van der Waals surface area contributed by atoms with Crippen molar-refractivity contribution in [3.8, 4) is 17.0 Å². The molecule has 2 N–H and O–H groups in total. The van der Waals surface area contributed by atoms with Crippen molar-refractivity contribution in [2.24, 2.45) is 7.05 Å². The zero-order valence-corrected chi connectivity index (χ0v) is 16.2. The predicted molar refractivity (Wildman–Crippen MR) is 106 cm³/mol. The minimum Gasteiger partial charge on any atom is -0.435 e. The highest BCUT2D eigenvalue weighted by molar-refractivity contribution is 5.99. The number of benzene rings is 2. The van der Waals surface area contributed by atoms with E-state index in [9.17, 15) is 28.8 Å². The van der Waals surface area contributed by atoms with Gasteiger partial charge in [0.1, 0.15) is 11.4 Å². The zero-order chi connectivity index (χ0) is 22.5. The third kappa shape index (κ3) is 5.39. The Morgan fingerprint density at radius 2 is 1.87 bits per heavy atom. The molecule has 1 heterocycles. The molecule has 162 valence electrons. The fourth-order valence-electron chi connectivity index (χ4n) is 2.88. The number of aryl methyl sites for hydroxylation is 1. The summed E-state index contributed by atoms with van der Waals surface area (Å²) in [6, 6.07) is 11.0. The van der Waals surface area contributed by atoms with Gasteiger partial charge in [0.05, 0.1) is 16.6 Å². The molecule has 1 unspecified atom stereocenters. The van der Waals surface area contributed by atoms with Crippen LogP contribution in [-0.2, 0) is 7.05 Å². The first-order valence-corrected chi connectivity index (χ1v) is 9.04. The van der Waals surface area contributed by atoms with Gasteiger partial charge in [-0.1, -0.05) is 12.1 Å². The average molecular weight is 432 g/mol. The summed E-state index contributed by atoms with van der Waals surface area (Å²) in [7, 11) is 1.63. The van der Waals surface area contributed by atoms with E-state index in [-0.39, 0.29) is 23.5 Å². The molecule has 3 aromatic rings. The summed E-state index contributed by atoms with van der Waals surface area (Å²) in [6.07, 6.45) is 0.415. The second kappa shape index (κ2) is 9.30. The van der Waals surface area contributed by atoms with E-state index in [1.807, 2.05) is 0 Å². The molecule has 3 rings (SSSR count). The molecule has 2 aromatic carbocycles. The van der Waals surface area contributed by atoms with Gasteiger partial charge in [-0.2, -0.15) is 13.9 Å². The normalized spacial score (nSPS) is 11.9. The molecule has 11 heteroatoms. The number of nitro groups is 1. The van der Waals surface area contributed by atoms with Crippen LogP contribution in [-0.4, -0.2) is 38.9 Å². The first-order valence-electron chi connectivity index (χ1n) is 9.04. The molecule has 0 bridgehead atoms. The topological polar surface area (TPSA) is 120 Å². The molecule has 0 aliphatic rings. The minimum absolute atomic E-state index is 0.0434. The number of carbonyl (C=O) groups is 1. The highest BCUT2D eigenvalue weighted by Gasteiger charge is 2.19. The van der Waals surface area contributed by atoms with Crippen molar-refractivity contribution in [3.05, 3.63) is 76.0 Å². The Bertz CT molecular complexity index is 1070. The lowest BCUT2D eigenvalue weighted by molar-refractivity contribution is -0.384. The summed E-state index contributed by atoms with van der Waals surface area (Å²) in [5, 5.41) is 27.9. The van der Waals surface area contributed by atoms with Crippen molar-refractivity contribution in [1.29, 1.82) is 0 Å². The molecule has 0 radical (unpaired) electrons. The SMILES string of the molecule is Cn1cc(C(=O)NCC(O)c2ccc(OC(F)F)cc2)c(-c2ccc([N+](=O)[O-])cc2)n1. The molecular weight excluding hydrogens is 414 g/mol. The van der Waals surface area contributed by atoms with Gasteiger partial charge in [0.2, 0.25) is 0 Å². The van der Waals surface area contributed by atoms with Crippen LogP contribution in [0.4, 0.5) is 14.5 Å². The summed E-state index contributed by atoms with van der Waals surface area (Å²) in [5.74, 6) is -0.545. The van der Waals surface area contributed by atoms with E-state index in [1.54, 1.807) is 7.05 Å². The summed E-state index contributed by atoms with van der Waals surface area (Å²) in [4.78, 5) is 22.9. The van der Waals surface area contributed by atoms with Gasteiger partial charge in [0, 0.05) is 37.5 Å². The number of ether oxygens (including phenoxy) is 1. The molecule has 0 saturated carbocycles. The number of hydrogen-bond donors (Lipinski definition) is 2. The largest absolute Gasteiger partial charge is 0.435 e. The fourth-order valence-corrected chi connectivity index (χ4v) is 2.88. The molecule has 31 heavy (non-hydrogen) atoms. The van der Waals surface area contributed by atoms with E-state index in [0.29, 0.717) is 16.8 Å². The van der Waals surface area contributed by atoms with E-state index in [0.717, 1.165) is 0 Å². The Balaban J connectivity index is 1.69. The monoisotopic (exact) mass is 432 g/mol. The molecule has 0 aliphatic heterocycles. The molecule has 1 amide bonds. The number of nitrogens with one attached hydrogen (secondary N) is 1. The lowest BCUT2D eigenvalue weighted by Gasteiger charge is -2.13. The van der Waals surface area contributed by atoms with Crippen LogP contribution < -0.4 is 10.1 Å². The Morgan fingerprint density at radius 3 is 2.45 bits per heavy atom. The number of amides is 1. The van der Waals surface area contributed by atoms with Gasteiger partial charge in [-0.3, -0.25) is 19.6 Å². The van der Waals surface area contributed by atoms with Crippen molar-refractivity contribution in [2.75, 3.05) is 6.54 Å². The van der Waals surface area contributed by atoms with Crippen LogP contribution in [0.1, 0.15) is 22.0 Å². The molecule has 1 atom stereocenters. The van der Waals surface area contributed by atoms with E-state index in [2.05, 4.69) is 15.2 Å². The number of hydrogen-bond acceptors (Lipinski definition) is 6. The molecule has 9 nitrogen and oxygen atoms in total. The average Bonchev–Trinajstić information content (AvgIpc) is 3.13. The molecule has 0 spiro atoms. The van der Waals surface area contributed by atoms with Crippen LogP contribution in [0.15, 0.2) is 54.7 Å². The Kier molecular flexibility index (Phi) is 6.55. The number of rotatable bonds is 8. The van der Waals surface area contributed by atoms with Crippen LogP contribution in [0.3, 0.4) is 0 Å². The van der Waals surface area contributed by atoms with E-state index >= 15 is 0 Å². The Morgan fingerprint density at radius 1 is 1.23 bits per heavy atom. The van der Waals surface area contributed by atoms with Gasteiger partial charge >= 0.3 is 6.61 Å². The van der Waals surface area contributed by atoms with Crippen LogP contribution in [0.25, 0.3) is 11.3 Å². The van der Waals surface area contributed by atoms with E-state index < -0.39 is 23.5 Å². The number of non-ortho nitro benzene ring substituents is 1. The summed E-state index contributed by atoms with van der Waals surface area (Å²) >= 11 is 0. The molecule has 0 saturated heterocycles. The number of nitrogens with zero attached hydrogens (tertiary/aromatic N) is 3. The Labute approximate surface area is 175 Å². The highest BCUT2D eigenvalue weighted by atomic mass is 19.3. The van der Waals surface area contributed by atoms with Gasteiger partial charge in [-0.25, -0.2) is 0 Å². The van der Waals surface area contributed by atoms with Crippen LogP contribution in [0.2, 0.25) is 0 Å². The first kappa shape index (κ1) is 21.8. The summed E-state index contributed by atoms with van der Waals surface area (Å²) < 4.78 is 30.1. The van der Waals surface area contributed by atoms with Gasteiger partial charge < -0.3 is 15.2 Å². The molecule has 0 fully saturated rings. The van der Waals surface area contributed by atoms with Gasteiger partial charge in [0.15, 0.2) is 0 Å². The van der Waals surface area contributed by atoms with Crippen LogP contribution in [0.5, 0.6) is 5.75 Å². The lowest BCUT2D eigenvalue weighted by Crippen LogP contribution is -2.28. The molecule has 0 aliphatic carbocycles. The number of aliphatic hydroxyl groups excluding tert-OH is 1. The molecule has 1 aromatic heterocycles. The maximum Gasteiger partial charge on any atom is 0.387 e. The second-order valence-electron chi connectivity index (χ2n) is 6.54. The quantitative estimate of drug-likeness (QED) is 0.417. The van der Waals surface area contributed by atoms with E-state index in [1.165, 1.54) is 59.4 Å². The standard InChI is InChI=1S/C20H18F2N4O5/c1-25-11-16(18(24-25)13-2-6-14(7-3-13)26(29)30)19(28)23-10-17(27)12-4-8-15(9-5-12)31-20(21)22/h2-9,11,17,20,27H,10H2,1H3,(H,23,28). The van der Waals surface area contributed by atoms with Crippen LogP contribution >= 0.6 is 0 Å². The van der Waals surface area contributed by atoms with Crippen LogP contribution in [0, 0.1) is 10.1 Å². The van der Waals surface area contributed by atoms with Crippen molar-refractivity contribution >= 4 is 11.6 Å². The highest BCUT2D eigenvalue weighted by Crippen LogP contribution is 2.25. The summed E-state index contributed by atoms with van der Waals surface area (Å²) in [6.45, 7) is -3.08. The van der Waals surface area contributed by atoms with E-state index in [4.69, 9.17) is 0 Å². The zero-order valence-electron chi connectivity index (χ0n) is 16.2. The number of alkyl halides is 2. The number of aliphatic hydroxyl groups is 1. The number of halogens is 2. The fraction of sp³-hybridized carbons (Fsp3) is 0.200.